The van der Waals surface area contributed by atoms with E-state index in [4.69, 9.17) is 19.4 Å². The van der Waals surface area contributed by atoms with Crippen molar-refractivity contribution in [1.29, 1.82) is 5.26 Å². The first kappa shape index (κ1) is 31.0. The summed E-state index contributed by atoms with van der Waals surface area (Å²) in [5.74, 6) is 0.897. The molecule has 1 amide bonds. The van der Waals surface area contributed by atoms with Crippen molar-refractivity contribution < 1.29 is 14.3 Å². The van der Waals surface area contributed by atoms with E-state index in [1.807, 2.05) is 20.8 Å². The molecule has 10 heteroatoms. The summed E-state index contributed by atoms with van der Waals surface area (Å²) in [5.41, 5.74) is 6.03. The minimum atomic E-state index is -0.596. The largest absolute Gasteiger partial charge is 0.461 e. The first-order valence-electron chi connectivity index (χ1n) is 17.5. The number of carbonyl (C=O) groups is 1. The molecule has 3 saturated heterocycles. The van der Waals surface area contributed by atoms with Gasteiger partial charge in [-0.25, -0.2) is 4.79 Å². The number of aryl methyl sites for hydroxylation is 1. The molecular formula is C36H49N7O3. The molecule has 1 aromatic carbocycles. The third-order valence-corrected chi connectivity index (χ3v) is 10.8. The van der Waals surface area contributed by atoms with Gasteiger partial charge in [-0.15, -0.1) is 0 Å². The maximum Gasteiger partial charge on any atom is 0.410 e. The number of benzene rings is 1. The van der Waals surface area contributed by atoms with Crippen LogP contribution in [0.15, 0.2) is 18.2 Å². The van der Waals surface area contributed by atoms with E-state index in [2.05, 4.69) is 39.0 Å². The van der Waals surface area contributed by atoms with Crippen LogP contribution in [-0.2, 0) is 30.5 Å². The Morgan fingerprint density at radius 1 is 0.978 bits per heavy atom. The zero-order chi connectivity index (χ0) is 31.9. The monoisotopic (exact) mass is 627 g/mol. The van der Waals surface area contributed by atoms with Gasteiger partial charge in [-0.2, -0.15) is 15.2 Å². The topological polar surface area (TPSA) is 98.1 Å². The fourth-order valence-electron chi connectivity index (χ4n) is 8.53. The lowest BCUT2D eigenvalue weighted by Crippen LogP contribution is -2.56. The van der Waals surface area contributed by atoms with Crippen molar-refractivity contribution >= 4 is 17.6 Å². The summed E-state index contributed by atoms with van der Waals surface area (Å²) < 4.78 is 12.3. The first-order chi connectivity index (χ1) is 22.2. The molecule has 0 N–H and O–H groups in total. The fourth-order valence-corrected chi connectivity index (χ4v) is 8.53. The Morgan fingerprint density at radius 2 is 1.78 bits per heavy atom. The molecule has 7 rings (SSSR count). The van der Waals surface area contributed by atoms with Crippen LogP contribution in [0.2, 0.25) is 0 Å². The van der Waals surface area contributed by atoms with Crippen molar-refractivity contribution in [3.8, 4) is 12.1 Å². The number of ether oxygens (including phenoxy) is 2. The summed E-state index contributed by atoms with van der Waals surface area (Å²) in [6.07, 6.45) is 10.3. The molecule has 0 spiro atoms. The average molecular weight is 628 g/mol. The van der Waals surface area contributed by atoms with E-state index in [0.717, 1.165) is 56.0 Å². The number of nitriles is 1. The molecule has 10 nitrogen and oxygen atoms in total. The van der Waals surface area contributed by atoms with E-state index >= 15 is 0 Å². The zero-order valence-corrected chi connectivity index (χ0v) is 27.9. The maximum absolute atomic E-state index is 13.1. The van der Waals surface area contributed by atoms with Gasteiger partial charge in [0.2, 0.25) is 0 Å². The number of hydrogen-bond donors (Lipinski definition) is 0. The summed E-state index contributed by atoms with van der Waals surface area (Å²) in [5, 5.41) is 9.71. The number of anilines is 2. The predicted molar refractivity (Wildman–Crippen MR) is 177 cm³/mol. The van der Waals surface area contributed by atoms with Crippen molar-refractivity contribution in [2.24, 2.45) is 0 Å². The van der Waals surface area contributed by atoms with Gasteiger partial charge in [0, 0.05) is 37.4 Å². The summed E-state index contributed by atoms with van der Waals surface area (Å²) in [7, 11) is 0. The third-order valence-electron chi connectivity index (χ3n) is 10.8. The Bertz CT molecular complexity index is 1490. The maximum atomic E-state index is 13.1. The fraction of sp³-hybridized carbons (Fsp3) is 0.667. The number of hydrogen-bond acceptors (Lipinski definition) is 9. The minimum absolute atomic E-state index is 0.103. The number of carbonyl (C=O) groups excluding carboxylic acids is 1. The van der Waals surface area contributed by atoms with Crippen LogP contribution in [0.1, 0.15) is 88.1 Å². The quantitative estimate of drug-likeness (QED) is 0.425. The zero-order valence-electron chi connectivity index (χ0n) is 27.9. The first-order valence-corrected chi connectivity index (χ1v) is 17.5. The smallest absolute Gasteiger partial charge is 0.410 e. The number of amides is 1. The second kappa shape index (κ2) is 12.6. The third kappa shape index (κ3) is 6.11. The van der Waals surface area contributed by atoms with Crippen LogP contribution in [0.4, 0.5) is 16.3 Å². The lowest BCUT2D eigenvalue weighted by Gasteiger charge is -2.42. The average Bonchev–Trinajstić information content (AvgIpc) is 3.63. The summed E-state index contributed by atoms with van der Waals surface area (Å²) in [6, 6.07) is 9.26. The van der Waals surface area contributed by atoms with Gasteiger partial charge in [0.15, 0.2) is 0 Å². The van der Waals surface area contributed by atoms with Crippen LogP contribution < -0.4 is 14.5 Å². The van der Waals surface area contributed by atoms with Gasteiger partial charge in [-0.1, -0.05) is 12.1 Å². The van der Waals surface area contributed by atoms with Crippen LogP contribution in [-0.4, -0.2) is 88.9 Å². The Kier molecular flexibility index (Phi) is 8.47. The molecule has 0 saturated carbocycles. The SMILES string of the molecule is CC(C)(C)OC(=O)N1CCN(c2nc(OCC34CCCN3CCC4)nc3c2CCN(c2cccc4c2CCCC4)C3)C[C@@H]1CC#N. The van der Waals surface area contributed by atoms with Gasteiger partial charge in [-0.05, 0) is 109 Å². The molecule has 46 heavy (non-hydrogen) atoms. The van der Waals surface area contributed by atoms with E-state index < -0.39 is 5.60 Å². The lowest BCUT2D eigenvalue weighted by atomic mass is 9.89. The number of fused-ring (bicyclic) bond motifs is 3. The molecular weight excluding hydrogens is 578 g/mol. The summed E-state index contributed by atoms with van der Waals surface area (Å²) in [4.78, 5) is 32.4. The van der Waals surface area contributed by atoms with Crippen molar-refractivity contribution in [3.05, 3.63) is 40.6 Å². The second-order valence-electron chi connectivity index (χ2n) is 14.9. The van der Waals surface area contributed by atoms with Crippen LogP contribution >= 0.6 is 0 Å². The highest BCUT2D eigenvalue weighted by Gasteiger charge is 2.45. The molecule has 5 aliphatic rings. The highest BCUT2D eigenvalue weighted by atomic mass is 16.6. The van der Waals surface area contributed by atoms with Gasteiger partial charge in [0.25, 0.3) is 0 Å². The molecule has 2 aromatic rings. The predicted octanol–water partition coefficient (Wildman–Crippen LogP) is 5.26. The van der Waals surface area contributed by atoms with E-state index in [1.165, 1.54) is 55.3 Å². The number of aromatic nitrogens is 2. The van der Waals surface area contributed by atoms with Crippen LogP contribution in [0, 0.1) is 11.3 Å². The molecule has 5 heterocycles. The molecule has 3 fully saturated rings. The van der Waals surface area contributed by atoms with Crippen molar-refractivity contribution in [1.82, 2.24) is 19.8 Å². The van der Waals surface area contributed by atoms with Crippen LogP contribution in [0.3, 0.4) is 0 Å². The molecule has 0 unspecified atom stereocenters. The van der Waals surface area contributed by atoms with Gasteiger partial charge in [0.1, 0.15) is 18.0 Å². The minimum Gasteiger partial charge on any atom is -0.461 e. The normalized spacial score (nSPS) is 22.6. The van der Waals surface area contributed by atoms with Crippen molar-refractivity contribution in [3.63, 3.8) is 0 Å². The Balaban J connectivity index is 1.19. The second-order valence-corrected chi connectivity index (χ2v) is 14.9. The van der Waals surface area contributed by atoms with E-state index in [1.54, 1.807) is 4.90 Å². The highest BCUT2D eigenvalue weighted by Crippen LogP contribution is 2.40. The molecule has 4 aliphatic heterocycles. The van der Waals surface area contributed by atoms with Gasteiger partial charge < -0.3 is 24.2 Å². The molecule has 0 bridgehead atoms. The van der Waals surface area contributed by atoms with Crippen molar-refractivity contribution in [2.45, 2.75) is 109 Å². The molecule has 1 aliphatic carbocycles. The summed E-state index contributed by atoms with van der Waals surface area (Å²) in [6.45, 7) is 11.8. The number of nitrogens with zero attached hydrogens (tertiary/aromatic N) is 7. The Morgan fingerprint density at radius 3 is 2.57 bits per heavy atom. The molecule has 0 radical (unpaired) electrons. The van der Waals surface area contributed by atoms with Crippen LogP contribution in [0.5, 0.6) is 6.01 Å². The Labute approximate surface area is 273 Å². The number of rotatable bonds is 6. The molecule has 246 valence electrons. The Hall–Kier alpha value is -3.58. The number of piperazine rings is 1. The van der Waals surface area contributed by atoms with Crippen molar-refractivity contribution in [2.75, 3.05) is 55.7 Å². The summed E-state index contributed by atoms with van der Waals surface area (Å²) >= 11 is 0. The van der Waals surface area contributed by atoms with Gasteiger partial charge in [0.05, 0.1) is 36.3 Å². The van der Waals surface area contributed by atoms with Gasteiger partial charge >= 0.3 is 12.1 Å². The standard InChI is InChI=1S/C36H49N7O3/c1-35(2,3)46-34(44)43-22-21-41(23-27(43)13-17-37)32-29-14-20-40(31-12-6-10-26-9-4-5-11-28(26)31)24-30(29)38-33(39-32)45-25-36-15-7-18-42(36)19-8-16-36/h6,10,12,27H,4-5,7-9,11,13-16,18-25H2,1-3H3/t27-/m0/s1. The van der Waals surface area contributed by atoms with Crippen LogP contribution in [0.25, 0.3) is 0 Å². The van der Waals surface area contributed by atoms with E-state index in [9.17, 15) is 10.1 Å². The van der Waals surface area contributed by atoms with E-state index in [-0.39, 0.29) is 24.1 Å². The van der Waals surface area contributed by atoms with E-state index in [0.29, 0.717) is 38.8 Å². The highest BCUT2D eigenvalue weighted by molar-refractivity contribution is 5.69. The lowest BCUT2D eigenvalue weighted by molar-refractivity contribution is 0.0144. The molecule has 1 atom stereocenters. The van der Waals surface area contributed by atoms with Gasteiger partial charge in [-0.3, -0.25) is 4.90 Å². The molecule has 1 aromatic heterocycles.